The van der Waals surface area contributed by atoms with Crippen LogP contribution >= 0.6 is 0 Å². The van der Waals surface area contributed by atoms with Gasteiger partial charge in [-0.1, -0.05) is 60.7 Å². The first-order chi connectivity index (χ1) is 14.0. The van der Waals surface area contributed by atoms with Gasteiger partial charge in [0.15, 0.2) is 5.78 Å². The van der Waals surface area contributed by atoms with Crippen LogP contribution in [0.1, 0.15) is 28.4 Å². The van der Waals surface area contributed by atoms with E-state index in [1.165, 1.54) is 11.8 Å². The number of carbonyl (C=O) groups is 3. The molecule has 0 unspecified atom stereocenters. The van der Waals surface area contributed by atoms with Gasteiger partial charge in [0, 0.05) is 24.3 Å². The van der Waals surface area contributed by atoms with Crippen LogP contribution in [0, 0.1) is 0 Å². The minimum absolute atomic E-state index is 0.0594. The van der Waals surface area contributed by atoms with Crippen molar-refractivity contribution >= 4 is 23.3 Å². The standard InChI is InChI=1S/C24H22N2O3/c1-18(27)21-12-14-22(15-13-21)25-23(28)24(29)26(16-19-8-4-2-5-9-19)17-20-10-6-3-7-11-20/h2-15H,16-17H2,1H3,(H,25,28). The first-order valence-electron chi connectivity index (χ1n) is 9.32. The Bertz CT molecular complexity index is 942. The number of amides is 2. The largest absolute Gasteiger partial charge is 0.326 e. The Morgan fingerprint density at radius 1 is 0.724 bits per heavy atom. The molecule has 0 atom stereocenters. The Kier molecular flexibility index (Phi) is 6.53. The van der Waals surface area contributed by atoms with E-state index < -0.39 is 11.8 Å². The van der Waals surface area contributed by atoms with E-state index in [0.29, 0.717) is 24.3 Å². The predicted octanol–water partition coefficient (Wildman–Crippen LogP) is 4.06. The van der Waals surface area contributed by atoms with Crippen molar-refractivity contribution in [3.05, 3.63) is 102 Å². The maximum atomic E-state index is 12.9. The van der Waals surface area contributed by atoms with Gasteiger partial charge in [-0.05, 0) is 42.3 Å². The highest BCUT2D eigenvalue weighted by molar-refractivity contribution is 6.39. The van der Waals surface area contributed by atoms with Gasteiger partial charge in [-0.25, -0.2) is 0 Å². The lowest BCUT2D eigenvalue weighted by molar-refractivity contribution is -0.144. The van der Waals surface area contributed by atoms with Crippen molar-refractivity contribution in [2.45, 2.75) is 20.0 Å². The molecule has 0 aliphatic carbocycles. The number of carbonyl (C=O) groups excluding carboxylic acids is 3. The molecule has 0 saturated carbocycles. The summed E-state index contributed by atoms with van der Waals surface area (Å²) in [6.07, 6.45) is 0. The molecule has 5 heteroatoms. The third kappa shape index (κ3) is 5.62. The fourth-order valence-electron chi connectivity index (χ4n) is 2.92. The summed E-state index contributed by atoms with van der Waals surface area (Å²) in [5.41, 5.74) is 2.89. The Labute approximate surface area is 170 Å². The number of nitrogens with zero attached hydrogens (tertiary/aromatic N) is 1. The summed E-state index contributed by atoms with van der Waals surface area (Å²) in [7, 11) is 0. The van der Waals surface area contributed by atoms with Crippen LogP contribution in [0.2, 0.25) is 0 Å². The molecule has 0 radical (unpaired) electrons. The first-order valence-corrected chi connectivity index (χ1v) is 9.32. The Morgan fingerprint density at radius 2 is 1.21 bits per heavy atom. The van der Waals surface area contributed by atoms with Crippen LogP contribution in [0.25, 0.3) is 0 Å². The first kappa shape index (κ1) is 20.0. The van der Waals surface area contributed by atoms with Crippen molar-refractivity contribution in [2.24, 2.45) is 0 Å². The van der Waals surface area contributed by atoms with E-state index in [9.17, 15) is 14.4 Å². The maximum absolute atomic E-state index is 12.9. The summed E-state index contributed by atoms with van der Waals surface area (Å²) in [5.74, 6) is -1.39. The van der Waals surface area contributed by atoms with Gasteiger partial charge in [-0.15, -0.1) is 0 Å². The molecule has 5 nitrogen and oxygen atoms in total. The number of Topliss-reactive ketones (excluding diaryl/α,β-unsaturated/α-hetero) is 1. The van der Waals surface area contributed by atoms with Crippen LogP contribution in [-0.4, -0.2) is 22.5 Å². The molecule has 0 aliphatic heterocycles. The molecule has 0 aromatic heterocycles. The molecule has 3 rings (SSSR count). The van der Waals surface area contributed by atoms with E-state index in [1.54, 1.807) is 24.3 Å². The highest BCUT2D eigenvalue weighted by atomic mass is 16.2. The van der Waals surface area contributed by atoms with Crippen molar-refractivity contribution in [3.8, 4) is 0 Å². The molecule has 3 aromatic carbocycles. The maximum Gasteiger partial charge on any atom is 0.313 e. The van der Waals surface area contributed by atoms with E-state index in [1.807, 2.05) is 60.7 Å². The fraction of sp³-hybridized carbons (Fsp3) is 0.125. The number of anilines is 1. The summed E-state index contributed by atoms with van der Waals surface area (Å²) >= 11 is 0. The lowest BCUT2D eigenvalue weighted by Crippen LogP contribution is -2.38. The van der Waals surface area contributed by atoms with Gasteiger partial charge in [-0.2, -0.15) is 0 Å². The van der Waals surface area contributed by atoms with Crippen LogP contribution in [0.4, 0.5) is 5.69 Å². The van der Waals surface area contributed by atoms with Crippen molar-refractivity contribution < 1.29 is 14.4 Å². The average molecular weight is 386 g/mol. The van der Waals surface area contributed by atoms with E-state index in [4.69, 9.17) is 0 Å². The van der Waals surface area contributed by atoms with Gasteiger partial charge in [0.05, 0.1) is 0 Å². The van der Waals surface area contributed by atoms with Crippen molar-refractivity contribution in [2.75, 3.05) is 5.32 Å². The van der Waals surface area contributed by atoms with Gasteiger partial charge < -0.3 is 10.2 Å². The quantitative estimate of drug-likeness (QED) is 0.513. The van der Waals surface area contributed by atoms with Crippen LogP contribution < -0.4 is 5.32 Å². The van der Waals surface area contributed by atoms with E-state index in [2.05, 4.69) is 5.32 Å². The van der Waals surface area contributed by atoms with Gasteiger partial charge in [0.25, 0.3) is 0 Å². The molecular weight excluding hydrogens is 364 g/mol. The number of hydrogen-bond donors (Lipinski definition) is 1. The summed E-state index contributed by atoms with van der Waals surface area (Å²) < 4.78 is 0. The number of ketones is 1. The van der Waals surface area contributed by atoms with Gasteiger partial charge >= 0.3 is 11.8 Å². The van der Waals surface area contributed by atoms with Crippen molar-refractivity contribution in [1.82, 2.24) is 4.90 Å². The molecule has 2 amide bonds. The number of rotatable bonds is 6. The SMILES string of the molecule is CC(=O)c1ccc(NC(=O)C(=O)N(Cc2ccccc2)Cc2ccccc2)cc1. The minimum Gasteiger partial charge on any atom is -0.326 e. The minimum atomic E-state index is -0.715. The number of nitrogens with one attached hydrogen (secondary N) is 1. The van der Waals surface area contributed by atoms with Gasteiger partial charge in [0.1, 0.15) is 0 Å². The molecular formula is C24H22N2O3. The summed E-state index contributed by atoms with van der Waals surface area (Å²) in [6, 6.07) is 25.6. The molecule has 1 N–H and O–H groups in total. The lowest BCUT2D eigenvalue weighted by atomic mass is 10.1. The zero-order valence-corrected chi connectivity index (χ0v) is 16.2. The Hall–Kier alpha value is -3.73. The average Bonchev–Trinajstić information content (AvgIpc) is 2.74. The van der Waals surface area contributed by atoms with Crippen molar-refractivity contribution in [1.29, 1.82) is 0 Å². The molecule has 29 heavy (non-hydrogen) atoms. The molecule has 0 saturated heterocycles. The third-order valence-corrected chi connectivity index (χ3v) is 4.46. The number of benzene rings is 3. The number of hydrogen-bond acceptors (Lipinski definition) is 3. The molecule has 0 heterocycles. The fourth-order valence-corrected chi connectivity index (χ4v) is 2.92. The monoisotopic (exact) mass is 386 g/mol. The highest BCUT2D eigenvalue weighted by Gasteiger charge is 2.22. The molecule has 0 bridgehead atoms. The van der Waals surface area contributed by atoms with Crippen LogP contribution in [0.5, 0.6) is 0 Å². The topological polar surface area (TPSA) is 66.5 Å². The van der Waals surface area contributed by atoms with Crippen LogP contribution in [-0.2, 0) is 22.7 Å². The molecule has 0 spiro atoms. The van der Waals surface area contributed by atoms with E-state index in [0.717, 1.165) is 11.1 Å². The van der Waals surface area contributed by atoms with E-state index >= 15 is 0 Å². The smallest absolute Gasteiger partial charge is 0.313 e. The Morgan fingerprint density at radius 3 is 1.66 bits per heavy atom. The lowest BCUT2D eigenvalue weighted by Gasteiger charge is -2.22. The Balaban J connectivity index is 1.75. The van der Waals surface area contributed by atoms with Gasteiger partial charge in [0.2, 0.25) is 0 Å². The van der Waals surface area contributed by atoms with Crippen LogP contribution in [0.3, 0.4) is 0 Å². The summed E-state index contributed by atoms with van der Waals surface area (Å²) in [4.78, 5) is 38.4. The molecule has 3 aromatic rings. The van der Waals surface area contributed by atoms with Crippen LogP contribution in [0.15, 0.2) is 84.9 Å². The highest BCUT2D eigenvalue weighted by Crippen LogP contribution is 2.13. The van der Waals surface area contributed by atoms with Crippen molar-refractivity contribution in [3.63, 3.8) is 0 Å². The third-order valence-electron chi connectivity index (χ3n) is 4.46. The molecule has 146 valence electrons. The second-order valence-electron chi connectivity index (χ2n) is 6.72. The second-order valence-corrected chi connectivity index (χ2v) is 6.72. The normalized spacial score (nSPS) is 10.2. The molecule has 0 aliphatic rings. The summed E-state index contributed by atoms with van der Waals surface area (Å²) in [6.45, 7) is 2.12. The predicted molar refractivity (Wildman–Crippen MR) is 112 cm³/mol. The molecule has 0 fully saturated rings. The van der Waals surface area contributed by atoms with E-state index in [-0.39, 0.29) is 5.78 Å². The zero-order valence-electron chi connectivity index (χ0n) is 16.2. The second kappa shape index (κ2) is 9.46. The zero-order chi connectivity index (χ0) is 20.6. The summed E-state index contributed by atoms with van der Waals surface area (Å²) in [5, 5.41) is 2.62. The van der Waals surface area contributed by atoms with Gasteiger partial charge in [-0.3, -0.25) is 14.4 Å².